The molecule has 1 nitrogen and oxygen atoms in total. The fraction of sp³-hybridized carbons (Fsp3) is 1.00. The maximum Gasteiger partial charge on any atom is 0.00389 e. The molecule has 0 saturated carbocycles. The topological polar surface area (TPSA) is 26.0 Å². The van der Waals surface area contributed by atoms with Crippen molar-refractivity contribution in [1.29, 1.82) is 0 Å². The Morgan fingerprint density at radius 1 is 1.23 bits per heavy atom. The van der Waals surface area contributed by atoms with Gasteiger partial charge >= 0.3 is 0 Å². The summed E-state index contributed by atoms with van der Waals surface area (Å²) in [7, 11) is 0. The van der Waals surface area contributed by atoms with Crippen molar-refractivity contribution in [2.24, 2.45) is 17.1 Å². The van der Waals surface area contributed by atoms with Gasteiger partial charge in [0.05, 0.1) is 0 Å². The number of rotatable bonds is 6. The standard InChI is InChI=1S/C12H27N/c1-6-8-12(4,5)10(3)9-11(13)7-2/h10-11H,6-9,13H2,1-5H3/t10-,11?/m1/s1. The van der Waals surface area contributed by atoms with E-state index in [-0.39, 0.29) is 0 Å². The second-order valence-electron chi connectivity index (χ2n) is 5.04. The summed E-state index contributed by atoms with van der Waals surface area (Å²) in [5.41, 5.74) is 6.43. The van der Waals surface area contributed by atoms with Gasteiger partial charge in [-0.3, -0.25) is 0 Å². The van der Waals surface area contributed by atoms with Crippen LogP contribution < -0.4 is 5.73 Å². The van der Waals surface area contributed by atoms with Crippen molar-refractivity contribution in [3.05, 3.63) is 0 Å². The van der Waals surface area contributed by atoms with Crippen molar-refractivity contribution in [3.8, 4) is 0 Å². The first-order valence-corrected chi connectivity index (χ1v) is 5.69. The molecule has 0 fully saturated rings. The second-order valence-corrected chi connectivity index (χ2v) is 5.04. The molecule has 0 aromatic rings. The van der Waals surface area contributed by atoms with Crippen molar-refractivity contribution < 1.29 is 0 Å². The Labute approximate surface area is 84.1 Å². The summed E-state index contributed by atoms with van der Waals surface area (Å²) in [6.45, 7) is 11.5. The van der Waals surface area contributed by atoms with Crippen molar-refractivity contribution >= 4 is 0 Å². The zero-order chi connectivity index (χ0) is 10.5. The zero-order valence-corrected chi connectivity index (χ0v) is 10.1. The van der Waals surface area contributed by atoms with Gasteiger partial charge in [0.25, 0.3) is 0 Å². The lowest BCUT2D eigenvalue weighted by molar-refractivity contribution is 0.188. The van der Waals surface area contributed by atoms with Gasteiger partial charge in [0.15, 0.2) is 0 Å². The molecule has 1 heteroatoms. The van der Waals surface area contributed by atoms with Crippen LogP contribution in [0.25, 0.3) is 0 Å². The predicted octanol–water partition coefficient (Wildman–Crippen LogP) is 3.58. The SMILES string of the molecule is CCCC(C)(C)[C@H](C)CC(N)CC. The first-order valence-electron chi connectivity index (χ1n) is 5.69. The average Bonchev–Trinajstić information content (AvgIpc) is 2.04. The van der Waals surface area contributed by atoms with Crippen LogP contribution in [-0.2, 0) is 0 Å². The quantitative estimate of drug-likeness (QED) is 0.672. The number of hydrogen-bond acceptors (Lipinski definition) is 1. The largest absolute Gasteiger partial charge is 0.328 e. The van der Waals surface area contributed by atoms with E-state index in [1.165, 1.54) is 19.3 Å². The molecule has 0 saturated heterocycles. The predicted molar refractivity (Wildman–Crippen MR) is 60.7 cm³/mol. The smallest absolute Gasteiger partial charge is 0.00389 e. The highest BCUT2D eigenvalue weighted by atomic mass is 14.6. The Kier molecular flexibility index (Phi) is 5.62. The molecule has 0 aromatic heterocycles. The molecule has 2 N–H and O–H groups in total. The van der Waals surface area contributed by atoms with Gasteiger partial charge in [-0.15, -0.1) is 0 Å². The van der Waals surface area contributed by atoms with Gasteiger partial charge in [-0.25, -0.2) is 0 Å². The lowest BCUT2D eigenvalue weighted by atomic mass is 9.74. The van der Waals surface area contributed by atoms with Crippen LogP contribution in [-0.4, -0.2) is 6.04 Å². The van der Waals surface area contributed by atoms with Crippen molar-refractivity contribution in [2.45, 2.75) is 66.3 Å². The van der Waals surface area contributed by atoms with E-state index in [1.54, 1.807) is 0 Å². The van der Waals surface area contributed by atoms with Crippen molar-refractivity contribution in [1.82, 2.24) is 0 Å². The van der Waals surface area contributed by atoms with Crippen LogP contribution in [0.3, 0.4) is 0 Å². The monoisotopic (exact) mass is 185 g/mol. The molecule has 13 heavy (non-hydrogen) atoms. The molecular weight excluding hydrogens is 158 g/mol. The van der Waals surface area contributed by atoms with E-state index in [2.05, 4.69) is 34.6 Å². The van der Waals surface area contributed by atoms with Crippen molar-refractivity contribution in [3.63, 3.8) is 0 Å². The molecule has 1 unspecified atom stereocenters. The van der Waals surface area contributed by atoms with E-state index in [9.17, 15) is 0 Å². The maximum atomic E-state index is 5.97. The fourth-order valence-corrected chi connectivity index (χ4v) is 1.83. The Balaban J connectivity index is 3.99. The van der Waals surface area contributed by atoms with E-state index in [0.717, 1.165) is 12.3 Å². The summed E-state index contributed by atoms with van der Waals surface area (Å²) >= 11 is 0. The average molecular weight is 185 g/mol. The lowest BCUT2D eigenvalue weighted by Gasteiger charge is -2.33. The molecule has 0 rings (SSSR count). The minimum atomic E-state index is 0.395. The molecular formula is C12H27N. The summed E-state index contributed by atoms with van der Waals surface area (Å²) < 4.78 is 0. The molecule has 0 aliphatic carbocycles. The van der Waals surface area contributed by atoms with E-state index in [0.29, 0.717) is 11.5 Å². The first kappa shape index (κ1) is 13.0. The van der Waals surface area contributed by atoms with Gasteiger partial charge in [-0.05, 0) is 30.6 Å². The molecule has 0 heterocycles. The number of hydrogen-bond donors (Lipinski definition) is 1. The number of nitrogens with two attached hydrogens (primary N) is 1. The fourth-order valence-electron chi connectivity index (χ4n) is 1.83. The first-order chi connectivity index (χ1) is 5.94. The molecule has 80 valence electrons. The summed E-state index contributed by atoms with van der Waals surface area (Å²) in [5, 5.41) is 0. The molecule has 0 bridgehead atoms. The highest BCUT2D eigenvalue weighted by molar-refractivity contribution is 4.77. The van der Waals surface area contributed by atoms with Gasteiger partial charge in [-0.1, -0.05) is 41.0 Å². The molecule has 0 aromatic carbocycles. The third-order valence-electron chi connectivity index (χ3n) is 3.41. The molecule has 0 radical (unpaired) electrons. The summed E-state index contributed by atoms with van der Waals surface area (Å²) in [6, 6.07) is 0.395. The minimum Gasteiger partial charge on any atom is -0.328 e. The summed E-state index contributed by atoms with van der Waals surface area (Å²) in [6.07, 6.45) is 4.86. The van der Waals surface area contributed by atoms with Crippen LogP contribution in [0.4, 0.5) is 0 Å². The Hall–Kier alpha value is -0.0400. The van der Waals surface area contributed by atoms with Crippen LogP contribution in [0.1, 0.15) is 60.3 Å². The van der Waals surface area contributed by atoms with E-state index in [4.69, 9.17) is 5.73 Å². The maximum absolute atomic E-state index is 5.97. The van der Waals surface area contributed by atoms with Gasteiger partial charge in [0.2, 0.25) is 0 Å². The Morgan fingerprint density at radius 2 is 1.77 bits per heavy atom. The van der Waals surface area contributed by atoms with Crippen LogP contribution >= 0.6 is 0 Å². The van der Waals surface area contributed by atoms with Crippen molar-refractivity contribution in [2.75, 3.05) is 0 Å². The zero-order valence-electron chi connectivity index (χ0n) is 10.1. The molecule has 0 amide bonds. The van der Waals surface area contributed by atoms with Gasteiger partial charge in [-0.2, -0.15) is 0 Å². The van der Waals surface area contributed by atoms with E-state index in [1.807, 2.05) is 0 Å². The molecule has 0 aliphatic heterocycles. The lowest BCUT2D eigenvalue weighted by Crippen LogP contribution is -2.29. The summed E-state index contributed by atoms with van der Waals surface area (Å²) in [4.78, 5) is 0. The molecule has 0 aliphatic rings. The Morgan fingerprint density at radius 3 is 2.15 bits per heavy atom. The third-order valence-corrected chi connectivity index (χ3v) is 3.41. The van der Waals surface area contributed by atoms with Gasteiger partial charge in [0, 0.05) is 6.04 Å². The van der Waals surface area contributed by atoms with E-state index >= 15 is 0 Å². The normalized spacial score (nSPS) is 17.1. The molecule has 0 spiro atoms. The van der Waals surface area contributed by atoms with Gasteiger partial charge < -0.3 is 5.73 Å². The Bertz CT molecular complexity index is 129. The van der Waals surface area contributed by atoms with Crippen LogP contribution in [0, 0.1) is 11.3 Å². The van der Waals surface area contributed by atoms with Crippen LogP contribution in [0.15, 0.2) is 0 Å². The highest BCUT2D eigenvalue weighted by Gasteiger charge is 2.25. The van der Waals surface area contributed by atoms with E-state index < -0.39 is 0 Å². The van der Waals surface area contributed by atoms with Gasteiger partial charge in [0.1, 0.15) is 0 Å². The minimum absolute atomic E-state index is 0.395. The highest BCUT2D eigenvalue weighted by Crippen LogP contribution is 2.34. The third kappa shape index (κ3) is 4.66. The van der Waals surface area contributed by atoms with Crippen LogP contribution in [0.5, 0.6) is 0 Å². The van der Waals surface area contributed by atoms with Crippen LogP contribution in [0.2, 0.25) is 0 Å². The summed E-state index contributed by atoms with van der Waals surface area (Å²) in [5.74, 6) is 0.738. The second kappa shape index (κ2) is 5.64. The molecule has 2 atom stereocenters.